The number of nitrogens with zero attached hydrogens (tertiary/aromatic N) is 2. The molecule has 0 saturated heterocycles. The fourth-order valence-electron chi connectivity index (χ4n) is 1.98. The Morgan fingerprint density at radius 2 is 2.10 bits per heavy atom. The molecule has 6 nitrogen and oxygen atoms in total. The molecule has 21 heavy (non-hydrogen) atoms. The third kappa shape index (κ3) is 3.68. The van der Waals surface area contributed by atoms with Crippen LogP contribution >= 0.6 is 0 Å². The topological polar surface area (TPSA) is 81.5 Å². The Labute approximate surface area is 122 Å². The number of carboxylic acids is 1. The molecule has 0 spiro atoms. The van der Waals surface area contributed by atoms with Gasteiger partial charge in [-0.25, -0.2) is 4.98 Å². The standard InChI is InChI=1S/C15H16N2O4/c1-20-11-5-3-4-10(6-11)7-12(15(18)19)13-8-16-9-14(17-13)21-2/h3-6,8-9,12H,7H2,1-2H3,(H,18,19). The van der Waals surface area contributed by atoms with Gasteiger partial charge in [-0.3, -0.25) is 9.78 Å². The SMILES string of the molecule is COc1cccc(CC(C(=O)O)c2cncc(OC)n2)c1. The Morgan fingerprint density at radius 3 is 2.76 bits per heavy atom. The highest BCUT2D eigenvalue weighted by Gasteiger charge is 2.23. The summed E-state index contributed by atoms with van der Waals surface area (Å²) >= 11 is 0. The maximum atomic E-state index is 11.5. The summed E-state index contributed by atoms with van der Waals surface area (Å²) in [4.78, 5) is 19.6. The summed E-state index contributed by atoms with van der Waals surface area (Å²) in [5, 5.41) is 9.44. The molecule has 1 heterocycles. The van der Waals surface area contributed by atoms with E-state index in [1.807, 2.05) is 24.3 Å². The summed E-state index contributed by atoms with van der Waals surface area (Å²) in [6.07, 6.45) is 3.18. The van der Waals surface area contributed by atoms with Crippen molar-refractivity contribution in [2.24, 2.45) is 0 Å². The molecule has 1 N–H and O–H groups in total. The maximum Gasteiger partial charge on any atom is 0.312 e. The van der Waals surface area contributed by atoms with Gasteiger partial charge in [0.2, 0.25) is 5.88 Å². The first kappa shape index (κ1) is 14.8. The van der Waals surface area contributed by atoms with Crippen LogP contribution in [-0.2, 0) is 11.2 Å². The van der Waals surface area contributed by atoms with E-state index in [1.165, 1.54) is 19.5 Å². The fraction of sp³-hybridized carbons (Fsp3) is 0.267. The summed E-state index contributed by atoms with van der Waals surface area (Å²) in [6.45, 7) is 0. The quantitative estimate of drug-likeness (QED) is 0.874. The van der Waals surface area contributed by atoms with Gasteiger partial charge in [0.25, 0.3) is 0 Å². The number of aliphatic carboxylic acids is 1. The predicted molar refractivity (Wildman–Crippen MR) is 75.7 cm³/mol. The zero-order chi connectivity index (χ0) is 15.2. The molecule has 110 valence electrons. The lowest BCUT2D eigenvalue weighted by atomic mass is 9.96. The fourth-order valence-corrected chi connectivity index (χ4v) is 1.98. The maximum absolute atomic E-state index is 11.5. The van der Waals surface area contributed by atoms with Crippen LogP contribution in [0.4, 0.5) is 0 Å². The monoisotopic (exact) mass is 288 g/mol. The largest absolute Gasteiger partial charge is 0.497 e. The van der Waals surface area contributed by atoms with Gasteiger partial charge in [-0.2, -0.15) is 0 Å². The molecule has 1 atom stereocenters. The van der Waals surface area contributed by atoms with E-state index in [-0.39, 0.29) is 0 Å². The van der Waals surface area contributed by atoms with E-state index in [9.17, 15) is 9.90 Å². The summed E-state index contributed by atoms with van der Waals surface area (Å²) in [5.74, 6) is -0.766. The Balaban J connectivity index is 2.28. The molecule has 1 aromatic carbocycles. The van der Waals surface area contributed by atoms with Crippen LogP contribution in [0.5, 0.6) is 11.6 Å². The molecule has 2 aromatic rings. The van der Waals surface area contributed by atoms with Crippen molar-refractivity contribution in [2.45, 2.75) is 12.3 Å². The molecule has 0 fully saturated rings. The summed E-state index contributed by atoms with van der Waals surface area (Å²) in [6, 6.07) is 7.30. The number of carboxylic acid groups (broad SMARTS) is 1. The van der Waals surface area contributed by atoms with E-state index in [4.69, 9.17) is 9.47 Å². The van der Waals surface area contributed by atoms with Crippen molar-refractivity contribution in [2.75, 3.05) is 14.2 Å². The van der Waals surface area contributed by atoms with Crippen LogP contribution < -0.4 is 9.47 Å². The number of hydrogen-bond donors (Lipinski definition) is 1. The van der Waals surface area contributed by atoms with E-state index in [0.717, 1.165) is 5.56 Å². The van der Waals surface area contributed by atoms with Crippen molar-refractivity contribution < 1.29 is 19.4 Å². The Kier molecular flexibility index (Phi) is 4.71. The zero-order valence-corrected chi connectivity index (χ0v) is 11.8. The van der Waals surface area contributed by atoms with Gasteiger partial charge in [-0.05, 0) is 24.1 Å². The second-order valence-electron chi connectivity index (χ2n) is 4.43. The predicted octanol–water partition coefficient (Wildman–Crippen LogP) is 1.90. The van der Waals surface area contributed by atoms with Gasteiger partial charge < -0.3 is 14.6 Å². The third-order valence-electron chi connectivity index (χ3n) is 3.07. The van der Waals surface area contributed by atoms with E-state index in [2.05, 4.69) is 9.97 Å². The van der Waals surface area contributed by atoms with Crippen LogP contribution in [0.2, 0.25) is 0 Å². The summed E-state index contributed by atoms with van der Waals surface area (Å²) in [7, 11) is 3.03. The molecule has 6 heteroatoms. The highest BCUT2D eigenvalue weighted by Crippen LogP contribution is 2.23. The second-order valence-corrected chi connectivity index (χ2v) is 4.43. The molecule has 0 bridgehead atoms. The minimum absolute atomic E-state index is 0.296. The first-order valence-corrected chi connectivity index (χ1v) is 6.35. The van der Waals surface area contributed by atoms with Gasteiger partial charge in [-0.15, -0.1) is 0 Å². The first-order chi connectivity index (χ1) is 10.1. The first-order valence-electron chi connectivity index (χ1n) is 6.35. The number of aromatic nitrogens is 2. The smallest absolute Gasteiger partial charge is 0.312 e. The van der Waals surface area contributed by atoms with Crippen LogP contribution in [0, 0.1) is 0 Å². The molecule has 1 aromatic heterocycles. The second kappa shape index (κ2) is 6.69. The van der Waals surface area contributed by atoms with Crippen LogP contribution in [0.15, 0.2) is 36.7 Å². The molecule has 0 aliphatic carbocycles. The molecule has 0 amide bonds. The molecular formula is C15H16N2O4. The molecular weight excluding hydrogens is 272 g/mol. The minimum Gasteiger partial charge on any atom is -0.497 e. The number of ether oxygens (including phenoxy) is 2. The Hall–Kier alpha value is -2.63. The molecule has 0 aliphatic heterocycles. The number of carbonyl (C=O) groups is 1. The number of methoxy groups -OCH3 is 2. The van der Waals surface area contributed by atoms with Gasteiger partial charge in [0.15, 0.2) is 0 Å². The van der Waals surface area contributed by atoms with Gasteiger partial charge in [0, 0.05) is 6.20 Å². The average molecular weight is 288 g/mol. The van der Waals surface area contributed by atoms with Crippen LogP contribution in [-0.4, -0.2) is 35.3 Å². The zero-order valence-electron chi connectivity index (χ0n) is 11.8. The van der Waals surface area contributed by atoms with Gasteiger partial charge in [0.05, 0.1) is 26.1 Å². The van der Waals surface area contributed by atoms with Crippen molar-refractivity contribution >= 4 is 5.97 Å². The highest BCUT2D eigenvalue weighted by atomic mass is 16.5. The molecule has 1 unspecified atom stereocenters. The summed E-state index contributed by atoms with van der Waals surface area (Å²) in [5.41, 5.74) is 1.22. The average Bonchev–Trinajstić information content (AvgIpc) is 2.52. The van der Waals surface area contributed by atoms with Crippen molar-refractivity contribution in [3.63, 3.8) is 0 Å². The van der Waals surface area contributed by atoms with Gasteiger partial charge >= 0.3 is 5.97 Å². The van der Waals surface area contributed by atoms with Gasteiger partial charge in [0.1, 0.15) is 11.7 Å². The normalized spacial score (nSPS) is 11.7. The van der Waals surface area contributed by atoms with E-state index in [1.54, 1.807) is 7.11 Å². The van der Waals surface area contributed by atoms with E-state index < -0.39 is 11.9 Å². The molecule has 0 radical (unpaired) electrons. The lowest BCUT2D eigenvalue weighted by Crippen LogP contribution is -2.16. The number of rotatable bonds is 6. The van der Waals surface area contributed by atoms with Crippen LogP contribution in [0.3, 0.4) is 0 Å². The Bertz CT molecular complexity index is 631. The minimum atomic E-state index is -0.958. The van der Waals surface area contributed by atoms with Crippen molar-refractivity contribution in [3.8, 4) is 11.6 Å². The van der Waals surface area contributed by atoms with Crippen molar-refractivity contribution in [3.05, 3.63) is 47.9 Å². The number of benzene rings is 1. The van der Waals surface area contributed by atoms with Crippen LogP contribution in [0.1, 0.15) is 17.2 Å². The van der Waals surface area contributed by atoms with Crippen molar-refractivity contribution in [1.82, 2.24) is 9.97 Å². The number of hydrogen-bond acceptors (Lipinski definition) is 5. The van der Waals surface area contributed by atoms with Crippen molar-refractivity contribution in [1.29, 1.82) is 0 Å². The highest BCUT2D eigenvalue weighted by molar-refractivity contribution is 5.75. The lowest BCUT2D eigenvalue weighted by molar-refractivity contribution is -0.138. The summed E-state index contributed by atoms with van der Waals surface area (Å²) < 4.78 is 10.1. The van der Waals surface area contributed by atoms with Gasteiger partial charge in [-0.1, -0.05) is 12.1 Å². The molecule has 0 saturated carbocycles. The lowest BCUT2D eigenvalue weighted by Gasteiger charge is -2.13. The molecule has 2 rings (SSSR count). The van der Waals surface area contributed by atoms with Crippen LogP contribution in [0.25, 0.3) is 0 Å². The third-order valence-corrected chi connectivity index (χ3v) is 3.07. The molecule has 0 aliphatic rings. The van der Waals surface area contributed by atoms with E-state index >= 15 is 0 Å². The Morgan fingerprint density at radius 1 is 1.29 bits per heavy atom. The van der Waals surface area contributed by atoms with E-state index in [0.29, 0.717) is 23.7 Å².